The van der Waals surface area contributed by atoms with E-state index < -0.39 is 10.0 Å². The lowest BCUT2D eigenvalue weighted by molar-refractivity contribution is -0.933. The van der Waals surface area contributed by atoms with Crippen LogP contribution in [0, 0.1) is 5.92 Å². The molecule has 1 heterocycles. The fourth-order valence-corrected chi connectivity index (χ4v) is 6.02. The second-order valence-electron chi connectivity index (χ2n) is 9.20. The molecule has 0 spiro atoms. The van der Waals surface area contributed by atoms with Crippen molar-refractivity contribution in [1.29, 1.82) is 0 Å². The molecule has 1 saturated heterocycles. The first-order chi connectivity index (χ1) is 12.2. The molecule has 1 aliphatic heterocycles. The van der Waals surface area contributed by atoms with Gasteiger partial charge in [-0.2, -0.15) is 4.31 Å². The monoisotopic (exact) mass is 379 g/mol. The van der Waals surface area contributed by atoms with E-state index in [0.717, 1.165) is 30.6 Å². The molecule has 0 amide bonds. The summed E-state index contributed by atoms with van der Waals surface area (Å²) in [6, 6.07) is 8.19. The maximum absolute atomic E-state index is 13.0. The minimum Gasteiger partial charge on any atom is -0.330 e. The number of hydrogen-bond donors (Lipinski definition) is 1. The van der Waals surface area contributed by atoms with E-state index in [1.807, 2.05) is 12.1 Å². The second kappa shape index (κ2) is 7.61. The van der Waals surface area contributed by atoms with E-state index in [-0.39, 0.29) is 5.41 Å². The lowest BCUT2D eigenvalue weighted by Crippen LogP contribution is -3.19. The molecule has 2 aliphatic rings. The number of piperazine rings is 1. The van der Waals surface area contributed by atoms with Crippen molar-refractivity contribution < 1.29 is 13.3 Å². The van der Waals surface area contributed by atoms with E-state index in [9.17, 15) is 8.42 Å². The molecule has 0 unspecified atom stereocenters. The van der Waals surface area contributed by atoms with E-state index in [2.05, 4.69) is 27.7 Å². The molecule has 0 bridgehead atoms. The van der Waals surface area contributed by atoms with Gasteiger partial charge in [0.25, 0.3) is 0 Å². The van der Waals surface area contributed by atoms with E-state index in [4.69, 9.17) is 0 Å². The maximum Gasteiger partial charge on any atom is 0.243 e. The predicted molar refractivity (Wildman–Crippen MR) is 106 cm³/mol. The van der Waals surface area contributed by atoms with E-state index in [1.165, 1.54) is 25.7 Å². The number of quaternary nitrogens is 1. The third-order valence-electron chi connectivity index (χ3n) is 6.36. The topological polar surface area (TPSA) is 41.8 Å². The molecular weight excluding hydrogens is 344 g/mol. The van der Waals surface area contributed by atoms with Gasteiger partial charge in [0, 0.05) is 5.92 Å². The highest BCUT2D eigenvalue weighted by Gasteiger charge is 2.36. The zero-order chi connectivity index (χ0) is 18.9. The Morgan fingerprint density at radius 2 is 1.58 bits per heavy atom. The Kier molecular flexibility index (Phi) is 5.80. The molecule has 5 heteroatoms. The Morgan fingerprint density at radius 1 is 1.00 bits per heavy atom. The molecular formula is C21H35N2O2S+. The largest absolute Gasteiger partial charge is 0.330 e. The smallest absolute Gasteiger partial charge is 0.243 e. The highest BCUT2D eigenvalue weighted by Crippen LogP contribution is 2.25. The molecule has 1 saturated carbocycles. The molecule has 1 N–H and O–H groups in total. The molecule has 0 aromatic heterocycles. The maximum atomic E-state index is 13.0. The summed E-state index contributed by atoms with van der Waals surface area (Å²) in [6.45, 7) is 12.0. The lowest BCUT2D eigenvalue weighted by atomic mass is 9.84. The van der Waals surface area contributed by atoms with Gasteiger partial charge in [-0.15, -0.1) is 0 Å². The van der Waals surface area contributed by atoms with Crippen LogP contribution in [0.15, 0.2) is 29.2 Å². The van der Waals surface area contributed by atoms with Gasteiger partial charge in [0.15, 0.2) is 0 Å². The number of nitrogens with zero attached hydrogens (tertiary/aromatic N) is 1. The van der Waals surface area contributed by atoms with Crippen LogP contribution in [0.2, 0.25) is 0 Å². The Bertz CT molecular complexity index is 699. The van der Waals surface area contributed by atoms with Crippen molar-refractivity contribution in [3.05, 3.63) is 29.8 Å². The Hall–Kier alpha value is -0.910. The molecule has 0 radical (unpaired) electrons. The van der Waals surface area contributed by atoms with Crippen molar-refractivity contribution in [2.75, 3.05) is 26.2 Å². The third kappa shape index (κ3) is 4.15. The van der Waals surface area contributed by atoms with Crippen molar-refractivity contribution in [2.24, 2.45) is 5.92 Å². The van der Waals surface area contributed by atoms with Crippen LogP contribution in [0.3, 0.4) is 0 Å². The number of hydrogen-bond acceptors (Lipinski definition) is 2. The van der Waals surface area contributed by atoms with Crippen LogP contribution < -0.4 is 4.90 Å². The average molecular weight is 380 g/mol. The van der Waals surface area contributed by atoms with Gasteiger partial charge >= 0.3 is 0 Å². The van der Waals surface area contributed by atoms with Gasteiger partial charge in [-0.25, -0.2) is 8.42 Å². The SMILES string of the molecule is C[C@H]1CCCC[C@@H]1[NH+]1CCN(S(=O)(=O)c2ccc(C(C)(C)C)cc2)CC1. The van der Waals surface area contributed by atoms with Crippen LogP contribution >= 0.6 is 0 Å². The van der Waals surface area contributed by atoms with Crippen molar-refractivity contribution in [3.63, 3.8) is 0 Å². The Labute approximate surface area is 159 Å². The number of nitrogens with one attached hydrogen (secondary N) is 1. The van der Waals surface area contributed by atoms with Gasteiger partial charge in [0.1, 0.15) is 0 Å². The van der Waals surface area contributed by atoms with E-state index >= 15 is 0 Å². The average Bonchev–Trinajstić information content (AvgIpc) is 2.62. The quantitative estimate of drug-likeness (QED) is 0.876. The van der Waals surface area contributed by atoms with Crippen molar-refractivity contribution in [1.82, 2.24) is 4.31 Å². The van der Waals surface area contributed by atoms with Crippen molar-refractivity contribution >= 4 is 10.0 Å². The first kappa shape index (κ1) is 19.8. The summed E-state index contributed by atoms with van der Waals surface area (Å²) < 4.78 is 27.7. The minimum atomic E-state index is -3.37. The Morgan fingerprint density at radius 3 is 2.12 bits per heavy atom. The molecule has 2 atom stereocenters. The fraction of sp³-hybridized carbons (Fsp3) is 0.714. The molecule has 1 aromatic carbocycles. The molecule has 3 rings (SSSR count). The summed E-state index contributed by atoms with van der Waals surface area (Å²) in [5.74, 6) is 0.770. The standard InChI is InChI=1S/C21H34N2O2S/c1-17-7-5-6-8-20(17)22-13-15-23(16-14-22)26(24,25)19-11-9-18(10-12-19)21(2,3)4/h9-12,17,20H,5-8,13-16H2,1-4H3/p+1/t17-,20-/m0/s1. The summed E-state index contributed by atoms with van der Waals surface area (Å²) in [7, 11) is -3.37. The number of benzene rings is 1. The first-order valence-electron chi connectivity index (χ1n) is 10.1. The molecule has 146 valence electrons. The van der Waals surface area contributed by atoms with E-state index in [0.29, 0.717) is 18.0 Å². The Balaban J connectivity index is 1.66. The van der Waals surface area contributed by atoms with Gasteiger partial charge in [-0.1, -0.05) is 46.2 Å². The fourth-order valence-electron chi connectivity index (χ4n) is 4.58. The van der Waals surface area contributed by atoms with Crippen molar-refractivity contribution in [2.45, 2.75) is 69.7 Å². The highest BCUT2D eigenvalue weighted by molar-refractivity contribution is 7.89. The van der Waals surface area contributed by atoms with Gasteiger partial charge in [0.2, 0.25) is 10.0 Å². The van der Waals surface area contributed by atoms with Crippen LogP contribution in [0.25, 0.3) is 0 Å². The zero-order valence-electron chi connectivity index (χ0n) is 16.8. The van der Waals surface area contributed by atoms with Crippen LogP contribution in [0.1, 0.15) is 58.9 Å². The normalized spacial score (nSPS) is 26.8. The van der Waals surface area contributed by atoms with Crippen LogP contribution in [0.4, 0.5) is 0 Å². The van der Waals surface area contributed by atoms with Gasteiger partial charge in [-0.05, 0) is 42.4 Å². The summed E-state index contributed by atoms with van der Waals surface area (Å²) in [5, 5.41) is 0. The highest BCUT2D eigenvalue weighted by atomic mass is 32.2. The van der Waals surface area contributed by atoms with Gasteiger partial charge in [-0.3, -0.25) is 0 Å². The number of sulfonamides is 1. The van der Waals surface area contributed by atoms with Crippen molar-refractivity contribution in [3.8, 4) is 0 Å². The van der Waals surface area contributed by atoms with Crippen LogP contribution in [0.5, 0.6) is 0 Å². The van der Waals surface area contributed by atoms with Gasteiger partial charge in [0.05, 0.1) is 37.1 Å². The molecule has 1 aliphatic carbocycles. The third-order valence-corrected chi connectivity index (χ3v) is 8.27. The zero-order valence-corrected chi connectivity index (χ0v) is 17.6. The molecule has 2 fully saturated rings. The lowest BCUT2D eigenvalue weighted by Gasteiger charge is -2.40. The van der Waals surface area contributed by atoms with Gasteiger partial charge < -0.3 is 4.90 Å². The molecule has 1 aromatic rings. The summed E-state index contributed by atoms with van der Waals surface area (Å²) in [4.78, 5) is 2.05. The summed E-state index contributed by atoms with van der Waals surface area (Å²) in [6.07, 6.45) is 5.32. The van der Waals surface area contributed by atoms with Crippen LogP contribution in [-0.2, 0) is 15.4 Å². The number of rotatable bonds is 3. The predicted octanol–water partition coefficient (Wildman–Crippen LogP) is 2.45. The second-order valence-corrected chi connectivity index (χ2v) is 11.1. The molecule has 4 nitrogen and oxygen atoms in total. The first-order valence-corrected chi connectivity index (χ1v) is 11.6. The molecule has 26 heavy (non-hydrogen) atoms. The van der Waals surface area contributed by atoms with Crippen LogP contribution in [-0.4, -0.2) is 44.9 Å². The minimum absolute atomic E-state index is 0.0357. The summed E-state index contributed by atoms with van der Waals surface area (Å²) >= 11 is 0. The summed E-state index contributed by atoms with van der Waals surface area (Å²) in [5.41, 5.74) is 1.20. The van der Waals surface area contributed by atoms with E-state index in [1.54, 1.807) is 21.3 Å².